The summed E-state index contributed by atoms with van der Waals surface area (Å²) in [5, 5.41) is 6.25. The lowest BCUT2D eigenvalue weighted by molar-refractivity contribution is 0.0927. The van der Waals surface area contributed by atoms with Crippen molar-refractivity contribution < 1.29 is 4.79 Å². The lowest BCUT2D eigenvalue weighted by Gasteiger charge is -2.32. The molecule has 1 unspecified atom stereocenters. The Morgan fingerprint density at radius 2 is 2.14 bits per heavy atom. The van der Waals surface area contributed by atoms with E-state index in [0.29, 0.717) is 6.04 Å². The van der Waals surface area contributed by atoms with Crippen LogP contribution in [0.15, 0.2) is 24.3 Å². The van der Waals surface area contributed by atoms with Crippen LogP contribution in [-0.4, -0.2) is 50.6 Å². The Bertz CT molecular complexity index is 461. The molecule has 21 heavy (non-hydrogen) atoms. The van der Waals surface area contributed by atoms with E-state index < -0.39 is 0 Å². The molecule has 1 heterocycles. The van der Waals surface area contributed by atoms with Gasteiger partial charge in [0, 0.05) is 18.2 Å². The van der Waals surface area contributed by atoms with Crippen LogP contribution in [0, 0.1) is 0 Å². The summed E-state index contributed by atoms with van der Waals surface area (Å²) >= 11 is 0. The second kappa shape index (κ2) is 8.15. The van der Waals surface area contributed by atoms with Gasteiger partial charge >= 0.3 is 0 Å². The van der Waals surface area contributed by atoms with E-state index in [-0.39, 0.29) is 5.91 Å². The van der Waals surface area contributed by atoms with Gasteiger partial charge in [-0.1, -0.05) is 24.6 Å². The van der Waals surface area contributed by atoms with Gasteiger partial charge in [0.1, 0.15) is 0 Å². The topological polar surface area (TPSA) is 44.4 Å². The largest absolute Gasteiger partial charge is 0.350 e. The summed E-state index contributed by atoms with van der Waals surface area (Å²) in [6.45, 7) is 2.77. The Balaban J connectivity index is 1.93. The van der Waals surface area contributed by atoms with Crippen LogP contribution < -0.4 is 10.6 Å². The zero-order valence-corrected chi connectivity index (χ0v) is 13.2. The molecule has 1 saturated heterocycles. The summed E-state index contributed by atoms with van der Waals surface area (Å²) < 4.78 is 0. The Labute approximate surface area is 127 Å². The van der Waals surface area contributed by atoms with E-state index >= 15 is 0 Å². The minimum Gasteiger partial charge on any atom is -0.350 e. The third-order valence-electron chi connectivity index (χ3n) is 4.33. The highest BCUT2D eigenvalue weighted by Gasteiger charge is 2.20. The number of likely N-dealkylation sites (tertiary alicyclic amines) is 1. The van der Waals surface area contributed by atoms with E-state index in [1.54, 1.807) is 0 Å². The lowest BCUT2D eigenvalue weighted by atomic mass is 10.0. The standard InChI is InChI=1S/C17H27N3O/c1-18-11-10-14-7-3-4-9-16(14)17(21)19-13-15-8-5-6-12-20(15)2/h3-4,7,9,15,18H,5-6,8,10-13H2,1-2H3,(H,19,21). The molecule has 1 aliphatic heterocycles. The minimum absolute atomic E-state index is 0.0562. The van der Waals surface area contributed by atoms with Crippen LogP contribution in [0.5, 0.6) is 0 Å². The van der Waals surface area contributed by atoms with E-state index in [2.05, 4.69) is 22.6 Å². The second-order valence-corrected chi connectivity index (χ2v) is 5.85. The van der Waals surface area contributed by atoms with Crippen LogP contribution in [-0.2, 0) is 6.42 Å². The van der Waals surface area contributed by atoms with E-state index in [1.807, 2.05) is 31.3 Å². The van der Waals surface area contributed by atoms with Gasteiger partial charge in [-0.05, 0) is 58.1 Å². The molecule has 0 spiro atoms. The number of piperidine rings is 1. The third kappa shape index (κ3) is 4.55. The van der Waals surface area contributed by atoms with Gasteiger partial charge in [-0.25, -0.2) is 0 Å². The first-order valence-electron chi connectivity index (χ1n) is 7.93. The van der Waals surface area contributed by atoms with Gasteiger partial charge < -0.3 is 15.5 Å². The molecule has 1 fully saturated rings. The number of hydrogen-bond donors (Lipinski definition) is 2. The number of carbonyl (C=O) groups is 1. The van der Waals surface area contributed by atoms with Crippen LogP contribution in [0.3, 0.4) is 0 Å². The molecule has 2 rings (SSSR count). The molecule has 1 aromatic carbocycles. The fourth-order valence-electron chi connectivity index (χ4n) is 2.93. The van der Waals surface area contributed by atoms with Crippen molar-refractivity contribution in [1.82, 2.24) is 15.5 Å². The molecule has 1 aliphatic rings. The predicted molar refractivity (Wildman–Crippen MR) is 86.7 cm³/mol. The maximum atomic E-state index is 12.4. The number of hydrogen-bond acceptors (Lipinski definition) is 3. The maximum Gasteiger partial charge on any atom is 0.251 e. The van der Waals surface area contributed by atoms with Gasteiger partial charge in [0.15, 0.2) is 0 Å². The average Bonchev–Trinajstić information content (AvgIpc) is 2.52. The van der Waals surface area contributed by atoms with Gasteiger partial charge in [0.2, 0.25) is 0 Å². The van der Waals surface area contributed by atoms with Gasteiger partial charge in [-0.3, -0.25) is 4.79 Å². The number of likely N-dealkylation sites (N-methyl/N-ethyl adjacent to an activating group) is 2. The molecule has 0 bridgehead atoms. The third-order valence-corrected chi connectivity index (χ3v) is 4.33. The smallest absolute Gasteiger partial charge is 0.251 e. The molecule has 116 valence electrons. The van der Waals surface area contributed by atoms with Crippen molar-refractivity contribution in [3.05, 3.63) is 35.4 Å². The van der Waals surface area contributed by atoms with E-state index in [9.17, 15) is 4.79 Å². The van der Waals surface area contributed by atoms with Crippen molar-refractivity contribution in [1.29, 1.82) is 0 Å². The SMILES string of the molecule is CNCCc1ccccc1C(=O)NCC1CCCCN1C. The van der Waals surface area contributed by atoms with Crippen LogP contribution in [0.25, 0.3) is 0 Å². The molecular formula is C17H27N3O. The minimum atomic E-state index is 0.0562. The molecular weight excluding hydrogens is 262 g/mol. The Morgan fingerprint density at radius 1 is 1.33 bits per heavy atom. The van der Waals surface area contributed by atoms with E-state index in [1.165, 1.54) is 19.3 Å². The van der Waals surface area contributed by atoms with Crippen LogP contribution >= 0.6 is 0 Å². The number of nitrogens with zero attached hydrogens (tertiary/aromatic N) is 1. The van der Waals surface area contributed by atoms with Crippen LogP contribution in [0.2, 0.25) is 0 Å². The van der Waals surface area contributed by atoms with Crippen molar-refractivity contribution in [2.45, 2.75) is 31.7 Å². The maximum absolute atomic E-state index is 12.4. The molecule has 2 N–H and O–H groups in total. The second-order valence-electron chi connectivity index (χ2n) is 5.85. The molecule has 0 radical (unpaired) electrons. The first-order chi connectivity index (χ1) is 10.2. The predicted octanol–water partition coefficient (Wildman–Crippen LogP) is 1.66. The number of rotatable bonds is 6. The summed E-state index contributed by atoms with van der Waals surface area (Å²) in [6, 6.07) is 8.37. The van der Waals surface area contributed by atoms with Crippen molar-refractivity contribution in [3.63, 3.8) is 0 Å². The molecule has 4 heteroatoms. The van der Waals surface area contributed by atoms with Gasteiger partial charge in [0.25, 0.3) is 5.91 Å². The average molecular weight is 289 g/mol. The van der Waals surface area contributed by atoms with Gasteiger partial charge in [0.05, 0.1) is 0 Å². The summed E-state index contributed by atoms with van der Waals surface area (Å²) in [4.78, 5) is 14.8. The molecule has 1 amide bonds. The Hall–Kier alpha value is -1.39. The fraction of sp³-hybridized carbons (Fsp3) is 0.588. The monoisotopic (exact) mass is 289 g/mol. The highest BCUT2D eigenvalue weighted by Crippen LogP contribution is 2.15. The summed E-state index contributed by atoms with van der Waals surface area (Å²) in [6.07, 6.45) is 4.60. The highest BCUT2D eigenvalue weighted by atomic mass is 16.1. The van der Waals surface area contributed by atoms with Gasteiger partial charge in [-0.2, -0.15) is 0 Å². The van der Waals surface area contributed by atoms with Crippen molar-refractivity contribution in [2.75, 3.05) is 33.7 Å². The highest BCUT2D eigenvalue weighted by molar-refractivity contribution is 5.95. The number of nitrogens with one attached hydrogen (secondary N) is 2. The molecule has 0 aromatic heterocycles. The van der Waals surface area contributed by atoms with Gasteiger partial charge in [-0.15, -0.1) is 0 Å². The molecule has 0 aliphatic carbocycles. The molecule has 0 saturated carbocycles. The van der Waals surface area contributed by atoms with Crippen LogP contribution in [0.4, 0.5) is 0 Å². The molecule has 1 atom stereocenters. The zero-order chi connectivity index (χ0) is 15.1. The quantitative estimate of drug-likeness (QED) is 0.837. The van der Waals surface area contributed by atoms with Crippen LogP contribution in [0.1, 0.15) is 35.2 Å². The first-order valence-corrected chi connectivity index (χ1v) is 7.93. The van der Waals surface area contributed by atoms with Crippen molar-refractivity contribution in [2.24, 2.45) is 0 Å². The molecule has 4 nitrogen and oxygen atoms in total. The number of carbonyl (C=O) groups excluding carboxylic acids is 1. The normalized spacial score (nSPS) is 19.4. The zero-order valence-electron chi connectivity index (χ0n) is 13.2. The Kier molecular flexibility index (Phi) is 6.21. The summed E-state index contributed by atoms with van der Waals surface area (Å²) in [5.41, 5.74) is 1.92. The molecule has 1 aromatic rings. The fourth-order valence-corrected chi connectivity index (χ4v) is 2.93. The van der Waals surface area contributed by atoms with E-state index in [0.717, 1.165) is 37.2 Å². The first kappa shape index (κ1) is 16.0. The van der Waals surface area contributed by atoms with E-state index in [4.69, 9.17) is 0 Å². The number of amides is 1. The van der Waals surface area contributed by atoms with Crippen molar-refractivity contribution in [3.8, 4) is 0 Å². The summed E-state index contributed by atoms with van der Waals surface area (Å²) in [5.74, 6) is 0.0562. The summed E-state index contributed by atoms with van der Waals surface area (Å²) in [7, 11) is 4.08. The Morgan fingerprint density at radius 3 is 2.90 bits per heavy atom. The van der Waals surface area contributed by atoms with Crippen molar-refractivity contribution >= 4 is 5.91 Å². The lowest BCUT2D eigenvalue weighted by Crippen LogP contribution is -2.44. The number of benzene rings is 1.